The van der Waals surface area contributed by atoms with Gasteiger partial charge in [0.05, 0.1) is 0 Å². The zero-order chi connectivity index (χ0) is 26.5. The lowest BCUT2D eigenvalue weighted by atomic mass is 10.3. The van der Waals surface area contributed by atoms with Crippen molar-refractivity contribution in [1.82, 2.24) is 0 Å². The summed E-state index contributed by atoms with van der Waals surface area (Å²) in [6.07, 6.45) is 0. The van der Waals surface area contributed by atoms with Crippen LogP contribution in [0, 0.1) is 0 Å². The van der Waals surface area contributed by atoms with E-state index in [9.17, 15) is 0 Å². The maximum absolute atomic E-state index is 6.44. The Balaban J connectivity index is 7.06. The van der Waals surface area contributed by atoms with Crippen LogP contribution in [0.3, 0.4) is 0 Å². The molecule has 0 N–H and O–H groups in total. The maximum atomic E-state index is 6.44. The van der Waals surface area contributed by atoms with Gasteiger partial charge in [0.15, 0.2) is 0 Å². The zero-order valence-electron chi connectivity index (χ0n) is 23.5. The van der Waals surface area contributed by atoms with Crippen LogP contribution in [-0.2, 0) is 44.3 Å². The van der Waals surface area contributed by atoms with Crippen molar-refractivity contribution < 1.29 is 44.3 Å². The van der Waals surface area contributed by atoms with E-state index < -0.39 is 34.7 Å². The number of hydrogen-bond acceptors (Lipinski definition) is 10. The Labute approximate surface area is 212 Å². The summed E-state index contributed by atoms with van der Waals surface area (Å²) in [7, 11) is -2.29. The molecule has 34 heavy (non-hydrogen) atoms. The quantitative estimate of drug-likeness (QED) is 0.192. The zero-order valence-corrected chi connectivity index (χ0v) is 27.5. The fourth-order valence-electron chi connectivity index (χ4n) is 4.68. The lowest BCUT2D eigenvalue weighted by molar-refractivity contribution is 0.0905. The second-order valence-electron chi connectivity index (χ2n) is 8.01. The highest BCUT2D eigenvalue weighted by molar-refractivity contribution is 6.77. The minimum absolute atomic E-state index is 0.180. The lowest BCUT2D eigenvalue weighted by Gasteiger charge is -2.46. The van der Waals surface area contributed by atoms with E-state index in [1.54, 1.807) is 42.7 Å². The van der Waals surface area contributed by atoms with Crippen LogP contribution in [0.4, 0.5) is 0 Å². The van der Waals surface area contributed by atoms with Crippen molar-refractivity contribution in [2.24, 2.45) is 0 Å². The van der Waals surface area contributed by atoms with Gasteiger partial charge in [-0.25, -0.2) is 0 Å². The molecule has 0 saturated heterocycles. The fourth-order valence-corrected chi connectivity index (χ4v) is 20.0. The second kappa shape index (κ2) is 16.3. The average molecular weight is 563 g/mol. The Hall–Kier alpha value is 0.468. The Kier molecular flexibility index (Phi) is 16.6. The molecule has 0 aliphatic heterocycles. The molecule has 2 unspecified atom stereocenters. The first kappa shape index (κ1) is 34.5. The van der Waals surface area contributed by atoms with Gasteiger partial charge in [0.25, 0.3) is 0 Å². The molecule has 0 spiro atoms. The third-order valence-corrected chi connectivity index (χ3v) is 20.1. The Morgan fingerprint density at radius 2 is 0.882 bits per heavy atom. The molecule has 0 aliphatic rings. The fraction of sp³-hybridized carbons (Fsp3) is 1.00. The highest BCUT2D eigenvalue weighted by atomic mass is 28.4. The summed E-state index contributed by atoms with van der Waals surface area (Å²) >= 11 is 0. The van der Waals surface area contributed by atoms with Crippen molar-refractivity contribution in [2.45, 2.75) is 64.0 Å². The van der Waals surface area contributed by atoms with Crippen LogP contribution in [0.15, 0.2) is 0 Å². The van der Waals surface area contributed by atoms with Crippen molar-refractivity contribution in [3.63, 3.8) is 0 Å². The molecule has 0 aromatic rings. The first-order valence-corrected chi connectivity index (χ1v) is 20.6. The minimum Gasteiger partial charge on any atom is -0.395 e. The van der Waals surface area contributed by atoms with E-state index in [0.29, 0.717) is 38.5 Å². The van der Waals surface area contributed by atoms with Crippen LogP contribution < -0.4 is 0 Å². The molecule has 0 radical (unpaired) electrons. The first-order chi connectivity index (χ1) is 16.0. The third-order valence-electron chi connectivity index (χ3n) is 6.22. The van der Waals surface area contributed by atoms with Gasteiger partial charge in [0.2, 0.25) is 0 Å². The van der Waals surface area contributed by atoms with E-state index >= 15 is 0 Å². The minimum atomic E-state index is -3.30. The van der Waals surface area contributed by atoms with E-state index in [1.807, 2.05) is 27.7 Å². The van der Waals surface area contributed by atoms with Gasteiger partial charge in [-0.2, -0.15) is 0 Å². The predicted molar refractivity (Wildman–Crippen MR) is 140 cm³/mol. The molecule has 0 saturated carbocycles. The topological polar surface area (TPSA) is 92.3 Å². The molecule has 0 aromatic heterocycles. The van der Waals surface area contributed by atoms with Gasteiger partial charge in [-0.1, -0.05) is 0 Å². The van der Waals surface area contributed by atoms with Crippen LogP contribution in [0.2, 0.25) is 36.3 Å². The molecule has 0 aliphatic carbocycles. The van der Waals surface area contributed by atoms with Gasteiger partial charge < -0.3 is 44.3 Å². The lowest BCUT2D eigenvalue weighted by Crippen LogP contribution is -2.60. The largest absolute Gasteiger partial charge is 0.503 e. The van der Waals surface area contributed by atoms with Crippen LogP contribution in [0.5, 0.6) is 0 Å². The summed E-state index contributed by atoms with van der Waals surface area (Å²) < 4.78 is 61.0. The van der Waals surface area contributed by atoms with E-state index in [2.05, 4.69) is 13.1 Å². The summed E-state index contributed by atoms with van der Waals surface area (Å²) in [6, 6.07) is 1.00. The first-order valence-electron chi connectivity index (χ1n) is 11.9. The van der Waals surface area contributed by atoms with Crippen LogP contribution >= 0.6 is 0 Å². The molecule has 14 heteroatoms. The van der Waals surface area contributed by atoms with Crippen molar-refractivity contribution in [3.8, 4) is 0 Å². The normalized spacial score (nSPS) is 15.5. The van der Waals surface area contributed by atoms with Gasteiger partial charge in [-0.05, 0) is 46.8 Å². The maximum Gasteiger partial charge on any atom is 0.503 e. The average Bonchev–Trinajstić information content (AvgIpc) is 2.82. The summed E-state index contributed by atoms with van der Waals surface area (Å²) in [5, 5.41) is 0. The van der Waals surface area contributed by atoms with Crippen molar-refractivity contribution in [2.75, 3.05) is 69.1 Å². The standard InChI is InChI=1S/C20H50O10Si4/c1-13-27-31(11,28-14-2)17-19(32(12,29-15-3)30-16-4)20(34(24-8,25-9)26-10)18-33(21-5,22-6)23-7/h19-20H,13-18H2,1-12H3. The van der Waals surface area contributed by atoms with Crippen molar-refractivity contribution in [3.05, 3.63) is 0 Å². The summed E-state index contributed by atoms with van der Waals surface area (Å²) in [5.41, 5.74) is -0.498. The van der Waals surface area contributed by atoms with Gasteiger partial charge in [-0.15, -0.1) is 0 Å². The molecule has 0 bridgehead atoms. The van der Waals surface area contributed by atoms with E-state index in [0.717, 1.165) is 0 Å². The highest BCUT2D eigenvalue weighted by Crippen LogP contribution is 2.51. The molecule has 0 amide bonds. The Morgan fingerprint density at radius 1 is 0.500 bits per heavy atom. The molecular formula is C20H50O10Si4. The van der Waals surface area contributed by atoms with Gasteiger partial charge in [-0.3, -0.25) is 0 Å². The SMILES string of the molecule is CCO[Si](C)(CC(C(C[Si](OC)(OC)OC)[Si](OC)(OC)OC)[Si](C)(OCC)OCC)OCC. The molecule has 206 valence electrons. The molecule has 2 atom stereocenters. The molecular weight excluding hydrogens is 513 g/mol. The summed E-state index contributed by atoms with van der Waals surface area (Å²) in [6.45, 7) is 14.2. The molecule has 10 nitrogen and oxygen atoms in total. The van der Waals surface area contributed by atoms with Crippen LogP contribution in [-0.4, -0.2) is 104 Å². The highest BCUT2D eigenvalue weighted by Gasteiger charge is 2.63. The summed E-state index contributed by atoms with van der Waals surface area (Å²) in [5.74, 6) is 0. The van der Waals surface area contributed by atoms with Crippen molar-refractivity contribution in [1.29, 1.82) is 0 Å². The van der Waals surface area contributed by atoms with Gasteiger partial charge in [0.1, 0.15) is 0 Å². The van der Waals surface area contributed by atoms with Crippen LogP contribution in [0.1, 0.15) is 27.7 Å². The number of hydrogen-bond donors (Lipinski definition) is 0. The van der Waals surface area contributed by atoms with Gasteiger partial charge in [0, 0.05) is 86.2 Å². The molecule has 0 aromatic carbocycles. The molecule has 0 fully saturated rings. The molecule has 0 heterocycles. The van der Waals surface area contributed by atoms with E-state index in [1.165, 1.54) is 0 Å². The second-order valence-corrected chi connectivity index (χ2v) is 20.8. The van der Waals surface area contributed by atoms with Crippen LogP contribution in [0.25, 0.3) is 0 Å². The number of rotatable bonds is 21. The monoisotopic (exact) mass is 562 g/mol. The predicted octanol–water partition coefficient (Wildman–Crippen LogP) is 3.77. The molecule has 0 rings (SSSR count). The summed E-state index contributed by atoms with van der Waals surface area (Å²) in [4.78, 5) is 0. The van der Waals surface area contributed by atoms with E-state index in [-0.39, 0.29) is 11.1 Å². The Bertz CT molecular complexity index is 509. The van der Waals surface area contributed by atoms with E-state index in [4.69, 9.17) is 44.3 Å². The van der Waals surface area contributed by atoms with Crippen molar-refractivity contribution >= 4 is 34.7 Å². The van der Waals surface area contributed by atoms with Gasteiger partial charge >= 0.3 is 34.7 Å². The third kappa shape index (κ3) is 8.79. The smallest absolute Gasteiger partial charge is 0.395 e. The Morgan fingerprint density at radius 3 is 1.18 bits per heavy atom.